The predicted octanol–water partition coefficient (Wildman–Crippen LogP) is 18.6. The maximum absolute atomic E-state index is 12.6. The zero-order valence-electron chi connectivity index (χ0n) is 44.6. The summed E-state index contributed by atoms with van der Waals surface area (Å²) in [6, 6.07) is -0.815. The van der Waals surface area contributed by atoms with Crippen LogP contribution in [-0.2, 0) is 4.79 Å². The lowest BCUT2D eigenvalue weighted by Gasteiger charge is -2.21. The number of allylic oxidation sites excluding steroid dienone is 5. The fraction of sp³-hybridized carbons (Fsp3) is 0.885. The van der Waals surface area contributed by atoms with Gasteiger partial charge in [-0.2, -0.15) is 0 Å². The Balaban J connectivity index is 3.57. The van der Waals surface area contributed by atoms with Crippen LogP contribution in [0.25, 0.3) is 0 Å². The fourth-order valence-corrected chi connectivity index (χ4v) is 9.32. The Morgan fingerprint density at radius 1 is 0.364 bits per heavy atom. The first-order chi connectivity index (χ1) is 32.6. The minimum Gasteiger partial charge on any atom is -0.394 e. The van der Waals surface area contributed by atoms with Gasteiger partial charge in [-0.05, 0) is 57.8 Å². The molecule has 0 aliphatic carbocycles. The molecule has 0 aliphatic heterocycles. The molecular formula is C61H117NO4. The number of hydrogen-bond donors (Lipinski definition) is 4. The first kappa shape index (κ1) is 64.6. The second kappa shape index (κ2) is 56.2. The van der Waals surface area contributed by atoms with Crippen molar-refractivity contribution in [3.8, 4) is 0 Å². The van der Waals surface area contributed by atoms with Gasteiger partial charge in [0.05, 0.1) is 18.8 Å². The van der Waals surface area contributed by atoms with Crippen molar-refractivity contribution in [2.24, 2.45) is 0 Å². The van der Waals surface area contributed by atoms with Crippen LogP contribution in [-0.4, -0.2) is 46.1 Å². The molecule has 5 nitrogen and oxygen atoms in total. The lowest BCUT2D eigenvalue weighted by molar-refractivity contribution is -0.131. The lowest BCUT2D eigenvalue weighted by atomic mass is 10.0. The summed E-state index contributed by atoms with van der Waals surface area (Å²) in [4.78, 5) is 12.6. The highest BCUT2D eigenvalue weighted by Crippen LogP contribution is 2.17. The van der Waals surface area contributed by atoms with Gasteiger partial charge in [-0.1, -0.05) is 301 Å². The third-order valence-electron chi connectivity index (χ3n) is 14.0. The number of rotatable bonds is 55. The molecular weight excluding hydrogens is 811 g/mol. The normalized spacial score (nSPS) is 13.5. The molecule has 5 heteroatoms. The molecule has 390 valence electrons. The maximum atomic E-state index is 12.6. The van der Waals surface area contributed by atoms with Gasteiger partial charge in [0.1, 0.15) is 6.10 Å². The smallest absolute Gasteiger partial charge is 0.249 e. The molecule has 3 atom stereocenters. The van der Waals surface area contributed by atoms with Crippen LogP contribution in [0.4, 0.5) is 0 Å². The minimum atomic E-state index is -1.11. The van der Waals surface area contributed by atoms with Crippen LogP contribution in [0.1, 0.15) is 322 Å². The van der Waals surface area contributed by atoms with Crippen LogP contribution in [0.5, 0.6) is 0 Å². The van der Waals surface area contributed by atoms with Crippen molar-refractivity contribution in [2.75, 3.05) is 6.61 Å². The summed E-state index contributed by atoms with van der Waals surface area (Å²) in [6.45, 7) is 4.21. The van der Waals surface area contributed by atoms with Crippen molar-refractivity contribution in [1.29, 1.82) is 0 Å². The Bertz CT molecular complexity index is 1020. The van der Waals surface area contributed by atoms with Gasteiger partial charge < -0.3 is 20.6 Å². The molecule has 0 bridgehead atoms. The molecule has 1 amide bonds. The summed E-state index contributed by atoms with van der Waals surface area (Å²) < 4.78 is 0. The van der Waals surface area contributed by atoms with Crippen LogP contribution < -0.4 is 5.32 Å². The summed E-state index contributed by atoms with van der Waals surface area (Å²) >= 11 is 0. The Kier molecular flexibility index (Phi) is 54.9. The molecule has 0 rings (SSSR count). The van der Waals surface area contributed by atoms with E-state index in [0.717, 1.165) is 38.5 Å². The Hall–Kier alpha value is -1.43. The molecule has 0 fully saturated rings. The number of amides is 1. The fourth-order valence-electron chi connectivity index (χ4n) is 9.32. The topological polar surface area (TPSA) is 89.8 Å². The van der Waals surface area contributed by atoms with Gasteiger partial charge in [-0.15, -0.1) is 0 Å². The molecule has 0 aromatic heterocycles. The van der Waals surface area contributed by atoms with E-state index in [1.54, 1.807) is 6.08 Å². The lowest BCUT2D eigenvalue weighted by Crippen LogP contribution is -2.48. The maximum Gasteiger partial charge on any atom is 0.249 e. The SMILES string of the molecule is CCCCCCCCCCCCCC/C=C\CCCCCCCCCCCCCCCCC(O)C(=O)NC(CO)C(O)/C=C/CC/C=C/CCCCCCCCCCCCCCCCCC. The van der Waals surface area contributed by atoms with Gasteiger partial charge in [-0.25, -0.2) is 0 Å². The molecule has 3 unspecified atom stereocenters. The zero-order chi connectivity index (χ0) is 47.9. The van der Waals surface area contributed by atoms with Gasteiger partial charge in [0.15, 0.2) is 0 Å². The first-order valence-electron chi connectivity index (χ1n) is 29.8. The summed E-state index contributed by atoms with van der Waals surface area (Å²) in [7, 11) is 0. The van der Waals surface area contributed by atoms with Crippen molar-refractivity contribution in [1.82, 2.24) is 5.32 Å². The van der Waals surface area contributed by atoms with E-state index in [4.69, 9.17) is 0 Å². The van der Waals surface area contributed by atoms with E-state index in [-0.39, 0.29) is 6.61 Å². The van der Waals surface area contributed by atoms with Crippen molar-refractivity contribution in [3.63, 3.8) is 0 Å². The average molecular weight is 929 g/mol. The molecule has 0 aliphatic rings. The molecule has 0 spiro atoms. The number of carbonyl (C=O) groups excluding carboxylic acids is 1. The molecule has 0 heterocycles. The quantitative estimate of drug-likeness (QED) is 0.0361. The molecule has 0 aromatic carbocycles. The van der Waals surface area contributed by atoms with Crippen molar-refractivity contribution >= 4 is 5.91 Å². The summed E-state index contributed by atoms with van der Waals surface area (Å²) in [5.41, 5.74) is 0. The van der Waals surface area contributed by atoms with Crippen LogP contribution in [0, 0.1) is 0 Å². The molecule has 0 saturated heterocycles. The van der Waals surface area contributed by atoms with Crippen LogP contribution in [0.3, 0.4) is 0 Å². The summed E-state index contributed by atoms with van der Waals surface area (Å²) in [5, 5.41) is 33.4. The van der Waals surface area contributed by atoms with E-state index in [1.807, 2.05) is 6.08 Å². The molecule has 0 radical (unpaired) electrons. The highest BCUT2D eigenvalue weighted by Gasteiger charge is 2.22. The molecule has 66 heavy (non-hydrogen) atoms. The van der Waals surface area contributed by atoms with E-state index in [1.165, 1.54) is 263 Å². The largest absolute Gasteiger partial charge is 0.394 e. The second-order valence-electron chi connectivity index (χ2n) is 20.5. The van der Waals surface area contributed by atoms with E-state index >= 15 is 0 Å². The van der Waals surface area contributed by atoms with Crippen molar-refractivity contribution in [3.05, 3.63) is 36.5 Å². The molecule has 0 aromatic rings. The number of nitrogens with one attached hydrogen (secondary N) is 1. The van der Waals surface area contributed by atoms with Gasteiger partial charge >= 0.3 is 0 Å². The highest BCUT2D eigenvalue weighted by atomic mass is 16.3. The average Bonchev–Trinajstić information content (AvgIpc) is 3.32. The summed E-state index contributed by atoms with van der Waals surface area (Å²) in [6.07, 6.45) is 73.8. The Labute approximate surface area is 413 Å². The van der Waals surface area contributed by atoms with Crippen LogP contribution >= 0.6 is 0 Å². The second-order valence-corrected chi connectivity index (χ2v) is 20.5. The number of carbonyl (C=O) groups is 1. The van der Waals surface area contributed by atoms with Gasteiger partial charge in [-0.3, -0.25) is 4.79 Å². The van der Waals surface area contributed by atoms with Gasteiger partial charge in [0.25, 0.3) is 0 Å². The number of hydrogen-bond acceptors (Lipinski definition) is 4. The van der Waals surface area contributed by atoms with Crippen LogP contribution in [0.15, 0.2) is 36.5 Å². The third kappa shape index (κ3) is 50.4. The van der Waals surface area contributed by atoms with Gasteiger partial charge in [0, 0.05) is 0 Å². The van der Waals surface area contributed by atoms with E-state index < -0.39 is 24.2 Å². The minimum absolute atomic E-state index is 0.374. The highest BCUT2D eigenvalue weighted by molar-refractivity contribution is 5.80. The number of unbranched alkanes of at least 4 members (excludes halogenated alkanes) is 43. The first-order valence-corrected chi connectivity index (χ1v) is 29.8. The third-order valence-corrected chi connectivity index (χ3v) is 14.0. The Morgan fingerprint density at radius 3 is 0.924 bits per heavy atom. The van der Waals surface area contributed by atoms with Crippen molar-refractivity contribution < 1.29 is 20.1 Å². The van der Waals surface area contributed by atoms with E-state index in [2.05, 4.69) is 43.5 Å². The van der Waals surface area contributed by atoms with E-state index in [9.17, 15) is 20.1 Å². The Morgan fingerprint density at radius 2 is 0.621 bits per heavy atom. The molecule has 4 N–H and O–H groups in total. The zero-order valence-corrected chi connectivity index (χ0v) is 44.6. The number of aliphatic hydroxyl groups is 3. The van der Waals surface area contributed by atoms with Crippen LogP contribution in [0.2, 0.25) is 0 Å². The standard InChI is InChI=1S/C61H117NO4/c1-3-5-7-9-11-13-15-17-19-21-23-25-27-28-29-30-31-32-33-34-36-38-40-42-44-46-48-50-52-54-56-60(65)61(66)62-58(57-63)59(64)55-53-51-49-47-45-43-41-39-37-35-26-24-22-20-18-16-14-12-10-8-6-4-2/h28-29,45,47,53,55,58-60,63-65H,3-27,30-44,46,48-52,54,56-57H2,1-2H3,(H,62,66)/b29-28-,47-45+,55-53+. The predicted molar refractivity (Wildman–Crippen MR) is 291 cm³/mol. The monoisotopic (exact) mass is 928 g/mol. The van der Waals surface area contributed by atoms with Gasteiger partial charge in [0.2, 0.25) is 5.91 Å². The van der Waals surface area contributed by atoms with E-state index in [0.29, 0.717) is 6.42 Å². The molecule has 0 saturated carbocycles. The van der Waals surface area contributed by atoms with Crippen molar-refractivity contribution in [2.45, 2.75) is 340 Å². The number of aliphatic hydroxyl groups excluding tert-OH is 3. The summed E-state index contributed by atoms with van der Waals surface area (Å²) in [5.74, 6) is -0.508.